The molecular formula is C8H10BrF2NO. The molecule has 0 aliphatic carbocycles. The lowest BCUT2D eigenvalue weighted by atomic mass is 9.92. The van der Waals surface area contributed by atoms with Crippen LogP contribution in [0.2, 0.25) is 0 Å². The topological polar surface area (TPSA) is 26.0 Å². The maximum Gasteiger partial charge on any atom is 0.283 e. The van der Waals surface area contributed by atoms with Crippen molar-refractivity contribution < 1.29 is 13.2 Å². The summed E-state index contributed by atoms with van der Waals surface area (Å²) < 4.78 is 29.9. The number of aromatic nitrogens is 1. The van der Waals surface area contributed by atoms with Crippen molar-refractivity contribution in [2.75, 3.05) is 0 Å². The van der Waals surface area contributed by atoms with Crippen LogP contribution in [0.5, 0.6) is 0 Å². The normalized spacial score (nSPS) is 12.5. The summed E-state index contributed by atoms with van der Waals surface area (Å²) >= 11 is 2.93. The Labute approximate surface area is 83.5 Å². The van der Waals surface area contributed by atoms with Crippen LogP contribution in [0.1, 0.15) is 38.7 Å². The predicted molar refractivity (Wildman–Crippen MR) is 47.9 cm³/mol. The number of halogens is 3. The monoisotopic (exact) mass is 253 g/mol. The first-order chi connectivity index (χ1) is 5.82. The second-order valence-electron chi connectivity index (χ2n) is 3.73. The van der Waals surface area contributed by atoms with Crippen molar-refractivity contribution in [3.63, 3.8) is 0 Å². The zero-order valence-corrected chi connectivity index (χ0v) is 9.15. The molecule has 0 saturated carbocycles. The number of hydrogen-bond donors (Lipinski definition) is 0. The Morgan fingerprint density at radius 2 is 1.92 bits per heavy atom. The molecule has 0 radical (unpaired) electrons. The van der Waals surface area contributed by atoms with Crippen LogP contribution in [-0.2, 0) is 5.41 Å². The van der Waals surface area contributed by atoms with E-state index < -0.39 is 11.8 Å². The Morgan fingerprint density at radius 1 is 1.38 bits per heavy atom. The van der Waals surface area contributed by atoms with Gasteiger partial charge in [0.2, 0.25) is 0 Å². The molecule has 0 fully saturated rings. The Kier molecular flexibility index (Phi) is 2.75. The Balaban J connectivity index is 3.20. The van der Waals surface area contributed by atoms with Gasteiger partial charge >= 0.3 is 0 Å². The third kappa shape index (κ3) is 2.27. The quantitative estimate of drug-likeness (QED) is 0.764. The molecular weight excluding hydrogens is 244 g/mol. The van der Waals surface area contributed by atoms with Gasteiger partial charge in [-0.1, -0.05) is 20.8 Å². The lowest BCUT2D eigenvalue weighted by molar-refractivity contribution is 0.142. The molecule has 74 valence electrons. The molecule has 0 spiro atoms. The van der Waals surface area contributed by atoms with Crippen LogP contribution in [0.3, 0.4) is 0 Å². The SMILES string of the molecule is CC(C)(C)c1oc(Br)nc1C(F)F. The van der Waals surface area contributed by atoms with E-state index in [1.54, 1.807) is 20.8 Å². The highest BCUT2D eigenvalue weighted by Gasteiger charge is 2.29. The third-order valence-electron chi connectivity index (χ3n) is 1.52. The van der Waals surface area contributed by atoms with Gasteiger partial charge in [0.1, 0.15) is 11.5 Å². The van der Waals surface area contributed by atoms with Gasteiger partial charge in [-0.3, -0.25) is 0 Å². The average molecular weight is 254 g/mol. The third-order valence-corrected chi connectivity index (χ3v) is 1.85. The minimum Gasteiger partial charge on any atom is -0.435 e. The molecule has 5 heteroatoms. The average Bonchev–Trinajstić information content (AvgIpc) is 2.29. The summed E-state index contributed by atoms with van der Waals surface area (Å²) in [6, 6.07) is 0. The molecule has 0 N–H and O–H groups in total. The van der Waals surface area contributed by atoms with Crippen molar-refractivity contribution in [3.05, 3.63) is 16.3 Å². The molecule has 1 rings (SSSR count). The zero-order valence-electron chi connectivity index (χ0n) is 7.57. The maximum absolute atomic E-state index is 12.4. The predicted octanol–water partition coefficient (Wildman–Crippen LogP) is 3.67. The summed E-state index contributed by atoms with van der Waals surface area (Å²) in [6.07, 6.45) is -2.59. The Morgan fingerprint density at radius 3 is 2.23 bits per heavy atom. The molecule has 0 amide bonds. The van der Waals surface area contributed by atoms with Gasteiger partial charge < -0.3 is 4.42 Å². The van der Waals surface area contributed by atoms with Crippen LogP contribution >= 0.6 is 15.9 Å². The van der Waals surface area contributed by atoms with Crippen molar-refractivity contribution >= 4 is 15.9 Å². The molecule has 1 heterocycles. The smallest absolute Gasteiger partial charge is 0.283 e. The van der Waals surface area contributed by atoms with E-state index in [2.05, 4.69) is 20.9 Å². The van der Waals surface area contributed by atoms with Gasteiger partial charge in [-0.2, -0.15) is 0 Å². The summed E-state index contributed by atoms with van der Waals surface area (Å²) in [7, 11) is 0. The summed E-state index contributed by atoms with van der Waals surface area (Å²) in [5.74, 6) is 0.231. The molecule has 0 aliphatic rings. The van der Waals surface area contributed by atoms with Crippen molar-refractivity contribution in [2.45, 2.75) is 32.6 Å². The van der Waals surface area contributed by atoms with Crippen molar-refractivity contribution in [2.24, 2.45) is 0 Å². The second kappa shape index (κ2) is 3.36. The minimum atomic E-state index is -2.59. The van der Waals surface area contributed by atoms with Gasteiger partial charge in [0.05, 0.1) is 0 Å². The number of oxazole rings is 1. The van der Waals surface area contributed by atoms with Gasteiger partial charge in [-0.15, -0.1) is 0 Å². The molecule has 1 aromatic heterocycles. The van der Waals surface area contributed by atoms with Gasteiger partial charge in [0.25, 0.3) is 11.2 Å². The van der Waals surface area contributed by atoms with E-state index in [1.165, 1.54) is 0 Å². The van der Waals surface area contributed by atoms with E-state index in [0.29, 0.717) is 0 Å². The largest absolute Gasteiger partial charge is 0.435 e. The molecule has 0 bridgehead atoms. The highest BCUT2D eigenvalue weighted by Crippen LogP contribution is 2.33. The van der Waals surface area contributed by atoms with Gasteiger partial charge in [-0.25, -0.2) is 13.8 Å². The molecule has 0 unspecified atom stereocenters. The summed E-state index contributed by atoms with van der Waals surface area (Å²) in [6.45, 7) is 5.39. The molecule has 0 aliphatic heterocycles. The van der Waals surface area contributed by atoms with Gasteiger partial charge in [0.15, 0.2) is 0 Å². The van der Waals surface area contributed by atoms with Gasteiger partial charge in [-0.05, 0) is 0 Å². The van der Waals surface area contributed by atoms with E-state index in [9.17, 15) is 8.78 Å². The number of alkyl halides is 2. The number of hydrogen-bond acceptors (Lipinski definition) is 2. The van der Waals surface area contributed by atoms with Crippen LogP contribution in [0.25, 0.3) is 0 Å². The first kappa shape index (κ1) is 10.6. The van der Waals surface area contributed by atoms with Crippen molar-refractivity contribution in [1.82, 2.24) is 4.98 Å². The minimum absolute atomic E-state index is 0.104. The van der Waals surface area contributed by atoms with E-state index in [0.717, 1.165) is 0 Å². The summed E-state index contributed by atoms with van der Waals surface area (Å²) in [5, 5.41) is 0. The van der Waals surface area contributed by atoms with E-state index in [4.69, 9.17) is 4.42 Å². The maximum atomic E-state index is 12.4. The van der Waals surface area contributed by atoms with Crippen molar-refractivity contribution in [1.29, 1.82) is 0 Å². The molecule has 0 aromatic carbocycles. The highest BCUT2D eigenvalue weighted by atomic mass is 79.9. The lowest BCUT2D eigenvalue weighted by Crippen LogP contribution is -2.12. The number of nitrogens with zero attached hydrogens (tertiary/aromatic N) is 1. The Bertz CT molecular complexity index is 304. The number of rotatable bonds is 1. The molecule has 1 aromatic rings. The fourth-order valence-corrected chi connectivity index (χ4v) is 1.34. The zero-order chi connectivity index (χ0) is 10.2. The molecule has 0 atom stereocenters. The molecule has 13 heavy (non-hydrogen) atoms. The fourth-order valence-electron chi connectivity index (χ4n) is 0.990. The lowest BCUT2D eigenvalue weighted by Gasteiger charge is -2.15. The van der Waals surface area contributed by atoms with Crippen LogP contribution in [0, 0.1) is 0 Å². The van der Waals surface area contributed by atoms with Crippen LogP contribution in [-0.4, -0.2) is 4.98 Å². The first-order valence-corrected chi connectivity index (χ1v) is 4.56. The van der Waals surface area contributed by atoms with Gasteiger partial charge in [0, 0.05) is 21.3 Å². The summed E-state index contributed by atoms with van der Waals surface area (Å²) in [5.41, 5.74) is -0.732. The van der Waals surface area contributed by atoms with E-state index in [1.807, 2.05) is 0 Å². The standard InChI is InChI=1S/C8H10BrF2NO/c1-8(2,3)5-4(6(10)11)12-7(9)13-5/h6H,1-3H3. The highest BCUT2D eigenvalue weighted by molar-refractivity contribution is 9.10. The summed E-state index contributed by atoms with van der Waals surface area (Å²) in [4.78, 5) is 3.68. The fraction of sp³-hybridized carbons (Fsp3) is 0.625. The molecule has 0 saturated heterocycles. The van der Waals surface area contributed by atoms with E-state index >= 15 is 0 Å². The first-order valence-electron chi connectivity index (χ1n) is 3.77. The van der Waals surface area contributed by atoms with E-state index in [-0.39, 0.29) is 16.3 Å². The van der Waals surface area contributed by atoms with Crippen LogP contribution in [0.4, 0.5) is 8.78 Å². The van der Waals surface area contributed by atoms with Crippen LogP contribution < -0.4 is 0 Å². The second-order valence-corrected chi connectivity index (χ2v) is 4.41. The van der Waals surface area contributed by atoms with Crippen molar-refractivity contribution in [3.8, 4) is 0 Å². The molecule has 2 nitrogen and oxygen atoms in total. The Hall–Kier alpha value is -0.450. The van der Waals surface area contributed by atoms with Crippen LogP contribution in [0.15, 0.2) is 9.22 Å².